The minimum absolute atomic E-state index is 0.310. The molecule has 0 N–H and O–H groups in total. The second-order valence-electron chi connectivity index (χ2n) is 2.70. The largest absolute Gasteiger partial charge is 0.478 e. The van der Waals surface area contributed by atoms with Crippen LogP contribution in [0.1, 0.15) is 6.42 Å². The first-order chi connectivity index (χ1) is 5.36. The number of ether oxygens (including phenoxy) is 1. The average molecular weight is 154 g/mol. The van der Waals surface area contributed by atoms with Crippen molar-refractivity contribution in [1.82, 2.24) is 10.0 Å². The lowest BCUT2D eigenvalue weighted by atomic mass is 10.4. The number of rotatable bonds is 1. The molecule has 2 heterocycles. The number of hydrazine groups is 1. The number of carbonyl (C=O) groups is 1. The Morgan fingerprint density at radius 3 is 3.00 bits per heavy atom. The topological polar surface area (TPSA) is 32.8 Å². The summed E-state index contributed by atoms with van der Waals surface area (Å²) in [7, 11) is 0. The maximum Gasteiger partial charge on any atom is 0.173 e. The van der Waals surface area contributed by atoms with Crippen LogP contribution >= 0.6 is 0 Å². The van der Waals surface area contributed by atoms with Gasteiger partial charge in [0.25, 0.3) is 0 Å². The first kappa shape index (κ1) is 6.67. The Balaban J connectivity index is 1.95. The lowest BCUT2D eigenvalue weighted by Crippen LogP contribution is -2.36. The summed E-state index contributed by atoms with van der Waals surface area (Å²) < 4.78 is 5.00. The van der Waals surface area contributed by atoms with Gasteiger partial charge in [-0.25, -0.2) is 5.01 Å². The highest BCUT2D eigenvalue weighted by atomic mass is 16.5. The van der Waals surface area contributed by atoms with Crippen LogP contribution in [0.3, 0.4) is 0 Å². The van der Waals surface area contributed by atoms with Gasteiger partial charge in [-0.3, -0.25) is 9.80 Å². The third-order valence-corrected chi connectivity index (χ3v) is 1.91. The van der Waals surface area contributed by atoms with Crippen molar-refractivity contribution in [1.29, 1.82) is 0 Å². The van der Waals surface area contributed by atoms with E-state index in [0.717, 1.165) is 6.54 Å². The molecule has 2 rings (SSSR count). The van der Waals surface area contributed by atoms with Gasteiger partial charge in [0.2, 0.25) is 0 Å². The number of nitrogens with zero attached hydrogens (tertiary/aromatic N) is 2. The van der Waals surface area contributed by atoms with Crippen molar-refractivity contribution < 1.29 is 9.53 Å². The van der Waals surface area contributed by atoms with Gasteiger partial charge in [-0.1, -0.05) is 0 Å². The molecule has 60 valence electrons. The molecule has 2 aliphatic heterocycles. The summed E-state index contributed by atoms with van der Waals surface area (Å²) in [5.74, 6) is 0.310. The van der Waals surface area contributed by atoms with Crippen LogP contribution < -0.4 is 0 Å². The van der Waals surface area contributed by atoms with E-state index in [1.807, 2.05) is 16.2 Å². The fourth-order valence-electron chi connectivity index (χ4n) is 1.29. The fourth-order valence-corrected chi connectivity index (χ4v) is 1.29. The molecule has 2 aliphatic rings. The minimum atomic E-state index is 0.310. The van der Waals surface area contributed by atoms with Crippen molar-refractivity contribution >= 4 is 5.78 Å². The highest BCUT2D eigenvalue weighted by Crippen LogP contribution is 2.11. The van der Waals surface area contributed by atoms with Gasteiger partial charge in [0.05, 0.1) is 12.7 Å². The summed E-state index contributed by atoms with van der Waals surface area (Å²) in [6.45, 7) is 1.91. The average Bonchev–Trinajstić information content (AvgIpc) is 2.55. The molecular weight excluding hydrogens is 144 g/mol. The zero-order chi connectivity index (χ0) is 7.68. The van der Waals surface area contributed by atoms with Crippen molar-refractivity contribution in [3.63, 3.8) is 0 Å². The third kappa shape index (κ3) is 1.21. The highest BCUT2D eigenvalue weighted by molar-refractivity contribution is 5.82. The number of hydrogen-bond donors (Lipinski definition) is 0. The van der Waals surface area contributed by atoms with E-state index in [0.29, 0.717) is 25.5 Å². The summed E-state index contributed by atoms with van der Waals surface area (Å²) in [6.07, 6.45) is 4.16. The predicted octanol–water partition coefficient (Wildman–Crippen LogP) is -0.0629. The van der Waals surface area contributed by atoms with Crippen LogP contribution in [0, 0.1) is 0 Å². The van der Waals surface area contributed by atoms with E-state index >= 15 is 0 Å². The van der Waals surface area contributed by atoms with Gasteiger partial charge in [0.1, 0.15) is 12.0 Å². The Hall–Kier alpha value is -1.03. The molecule has 4 heteroatoms. The van der Waals surface area contributed by atoms with Crippen LogP contribution in [0.25, 0.3) is 0 Å². The first-order valence-corrected chi connectivity index (χ1v) is 3.68. The molecule has 0 radical (unpaired) electrons. The van der Waals surface area contributed by atoms with Crippen molar-refractivity contribution in [2.45, 2.75) is 6.42 Å². The first-order valence-electron chi connectivity index (χ1n) is 3.68. The van der Waals surface area contributed by atoms with E-state index in [-0.39, 0.29) is 0 Å². The maximum atomic E-state index is 10.9. The third-order valence-electron chi connectivity index (χ3n) is 1.91. The van der Waals surface area contributed by atoms with Crippen molar-refractivity contribution in [2.24, 2.45) is 0 Å². The summed E-state index contributed by atoms with van der Waals surface area (Å²) in [4.78, 5) is 10.9. The van der Waals surface area contributed by atoms with E-state index in [1.165, 1.54) is 0 Å². The van der Waals surface area contributed by atoms with Crippen LogP contribution in [0.15, 0.2) is 12.5 Å². The molecule has 0 aliphatic carbocycles. The van der Waals surface area contributed by atoms with E-state index in [2.05, 4.69) is 0 Å². The van der Waals surface area contributed by atoms with Crippen molar-refractivity contribution in [2.75, 3.05) is 19.8 Å². The predicted molar refractivity (Wildman–Crippen MR) is 38.1 cm³/mol. The second kappa shape index (κ2) is 2.54. The Morgan fingerprint density at radius 2 is 2.45 bits per heavy atom. The molecule has 0 spiro atoms. The monoisotopic (exact) mass is 154 g/mol. The van der Waals surface area contributed by atoms with E-state index in [9.17, 15) is 4.79 Å². The van der Waals surface area contributed by atoms with Crippen molar-refractivity contribution in [3.05, 3.63) is 12.5 Å². The fraction of sp³-hybridized carbons (Fsp3) is 0.571. The molecule has 0 amide bonds. The van der Waals surface area contributed by atoms with Gasteiger partial charge >= 0.3 is 0 Å². The summed E-state index contributed by atoms with van der Waals surface area (Å²) in [5, 5.41) is 3.91. The Labute approximate surface area is 65.0 Å². The van der Waals surface area contributed by atoms with Gasteiger partial charge in [0, 0.05) is 13.0 Å². The van der Waals surface area contributed by atoms with Gasteiger partial charge in [-0.05, 0) is 0 Å². The van der Waals surface area contributed by atoms with Gasteiger partial charge < -0.3 is 4.74 Å². The van der Waals surface area contributed by atoms with Gasteiger partial charge in [0.15, 0.2) is 6.73 Å². The number of ketones is 1. The van der Waals surface area contributed by atoms with Gasteiger partial charge in [-0.15, -0.1) is 0 Å². The highest BCUT2D eigenvalue weighted by Gasteiger charge is 2.24. The van der Waals surface area contributed by atoms with E-state index in [1.54, 1.807) is 6.26 Å². The zero-order valence-corrected chi connectivity index (χ0v) is 6.19. The molecule has 0 atom stereocenters. The lowest BCUT2D eigenvalue weighted by Gasteiger charge is -2.24. The number of carbonyl (C=O) groups excluding carboxylic acids is 1. The minimum Gasteiger partial charge on any atom is -0.478 e. The number of Topliss-reactive ketones (excluding diaryl/α,β-unsaturated/α-hetero) is 1. The molecule has 1 saturated heterocycles. The summed E-state index contributed by atoms with van der Waals surface area (Å²) in [6, 6.07) is 0. The summed E-state index contributed by atoms with van der Waals surface area (Å²) in [5.41, 5.74) is 0. The molecule has 0 unspecified atom stereocenters. The molecule has 4 nitrogen and oxygen atoms in total. The SMILES string of the molecule is O=C1CCN(N2C=COC2)C1. The molecule has 11 heavy (non-hydrogen) atoms. The molecular formula is C7H10N2O2. The van der Waals surface area contributed by atoms with E-state index < -0.39 is 0 Å². The molecule has 0 aromatic heterocycles. The number of hydrogen-bond acceptors (Lipinski definition) is 4. The molecule has 0 aromatic rings. The van der Waals surface area contributed by atoms with Crippen LogP contribution in [-0.2, 0) is 9.53 Å². The molecule has 1 fully saturated rings. The quantitative estimate of drug-likeness (QED) is 0.529. The van der Waals surface area contributed by atoms with Crippen LogP contribution in [-0.4, -0.2) is 35.6 Å². The molecule has 0 saturated carbocycles. The zero-order valence-electron chi connectivity index (χ0n) is 6.19. The van der Waals surface area contributed by atoms with Crippen molar-refractivity contribution in [3.8, 4) is 0 Å². The smallest absolute Gasteiger partial charge is 0.173 e. The van der Waals surface area contributed by atoms with Crippen LogP contribution in [0.5, 0.6) is 0 Å². The molecule has 0 aromatic carbocycles. The van der Waals surface area contributed by atoms with Gasteiger partial charge in [-0.2, -0.15) is 0 Å². The van der Waals surface area contributed by atoms with Crippen LogP contribution in [0.2, 0.25) is 0 Å². The summed E-state index contributed by atoms with van der Waals surface area (Å²) >= 11 is 0. The standard InChI is InChI=1S/C7H10N2O2/c10-7-1-2-8(5-7)9-3-4-11-6-9/h3-4H,1-2,5-6H2. The Morgan fingerprint density at radius 1 is 1.55 bits per heavy atom. The van der Waals surface area contributed by atoms with E-state index in [4.69, 9.17) is 4.74 Å². The Kier molecular flexibility index (Phi) is 1.54. The Bertz CT molecular complexity index is 203. The second-order valence-corrected chi connectivity index (χ2v) is 2.70. The normalized spacial score (nSPS) is 24.7. The lowest BCUT2D eigenvalue weighted by molar-refractivity contribution is -0.118. The maximum absolute atomic E-state index is 10.9. The van der Waals surface area contributed by atoms with Crippen LogP contribution in [0.4, 0.5) is 0 Å². The molecule has 0 bridgehead atoms.